The molecule has 0 aliphatic heterocycles. The summed E-state index contributed by atoms with van der Waals surface area (Å²) in [5, 5.41) is 3.65. The molecule has 1 aliphatic rings. The molecule has 1 fully saturated rings. The van der Waals surface area contributed by atoms with E-state index in [9.17, 15) is 0 Å². The average molecular weight is 183 g/mol. The fourth-order valence-electron chi connectivity index (χ4n) is 2.70. The maximum Gasteiger partial charge on any atom is 0.0100 e. The summed E-state index contributed by atoms with van der Waals surface area (Å²) < 4.78 is 0. The maximum atomic E-state index is 3.65. The first kappa shape index (κ1) is 11.0. The molecule has 0 bridgehead atoms. The van der Waals surface area contributed by atoms with Crippen molar-refractivity contribution in [3.63, 3.8) is 0 Å². The van der Waals surface area contributed by atoms with Crippen LogP contribution in [0.25, 0.3) is 0 Å². The molecule has 0 spiro atoms. The summed E-state index contributed by atoms with van der Waals surface area (Å²) in [6.45, 7) is 10.5. The lowest BCUT2D eigenvalue weighted by Crippen LogP contribution is -2.42. The standard InChI is InChI=1S/C12H25N/c1-5-13-12-8-10(4)6-7-11(12)9(2)3/h9-13H,5-8H2,1-4H3. The highest BCUT2D eigenvalue weighted by Crippen LogP contribution is 2.33. The monoisotopic (exact) mass is 183 g/mol. The van der Waals surface area contributed by atoms with Gasteiger partial charge in [-0.15, -0.1) is 0 Å². The Balaban J connectivity index is 2.50. The quantitative estimate of drug-likeness (QED) is 0.709. The van der Waals surface area contributed by atoms with Crippen LogP contribution in [0.5, 0.6) is 0 Å². The summed E-state index contributed by atoms with van der Waals surface area (Å²) in [5.41, 5.74) is 0. The van der Waals surface area contributed by atoms with E-state index in [2.05, 4.69) is 33.0 Å². The van der Waals surface area contributed by atoms with Gasteiger partial charge < -0.3 is 5.32 Å². The van der Waals surface area contributed by atoms with Crippen LogP contribution in [-0.2, 0) is 0 Å². The van der Waals surface area contributed by atoms with Crippen molar-refractivity contribution in [3.8, 4) is 0 Å². The summed E-state index contributed by atoms with van der Waals surface area (Å²) >= 11 is 0. The van der Waals surface area contributed by atoms with Gasteiger partial charge in [0.15, 0.2) is 0 Å². The van der Waals surface area contributed by atoms with E-state index in [0.29, 0.717) is 0 Å². The fraction of sp³-hybridized carbons (Fsp3) is 1.00. The van der Waals surface area contributed by atoms with Crippen molar-refractivity contribution >= 4 is 0 Å². The lowest BCUT2D eigenvalue weighted by molar-refractivity contribution is 0.172. The van der Waals surface area contributed by atoms with Crippen LogP contribution in [-0.4, -0.2) is 12.6 Å². The molecule has 13 heavy (non-hydrogen) atoms. The second-order valence-corrected chi connectivity index (χ2v) is 4.99. The lowest BCUT2D eigenvalue weighted by Gasteiger charge is -2.37. The second kappa shape index (κ2) is 4.99. The van der Waals surface area contributed by atoms with Gasteiger partial charge in [0.05, 0.1) is 0 Å². The Kier molecular flexibility index (Phi) is 4.24. The van der Waals surface area contributed by atoms with Gasteiger partial charge in [-0.3, -0.25) is 0 Å². The summed E-state index contributed by atoms with van der Waals surface area (Å²) in [4.78, 5) is 0. The molecular weight excluding hydrogens is 158 g/mol. The van der Waals surface area contributed by atoms with Crippen molar-refractivity contribution in [2.24, 2.45) is 17.8 Å². The highest BCUT2D eigenvalue weighted by atomic mass is 14.9. The van der Waals surface area contributed by atoms with Crippen LogP contribution in [0.15, 0.2) is 0 Å². The van der Waals surface area contributed by atoms with Crippen molar-refractivity contribution < 1.29 is 0 Å². The largest absolute Gasteiger partial charge is 0.314 e. The van der Waals surface area contributed by atoms with Crippen molar-refractivity contribution in [2.75, 3.05) is 6.54 Å². The van der Waals surface area contributed by atoms with Crippen LogP contribution >= 0.6 is 0 Å². The van der Waals surface area contributed by atoms with Gasteiger partial charge in [-0.05, 0) is 37.1 Å². The average Bonchev–Trinajstić information content (AvgIpc) is 2.04. The molecule has 1 N–H and O–H groups in total. The fourth-order valence-corrected chi connectivity index (χ4v) is 2.70. The van der Waals surface area contributed by atoms with Crippen LogP contribution in [0.4, 0.5) is 0 Å². The van der Waals surface area contributed by atoms with Crippen molar-refractivity contribution in [1.82, 2.24) is 5.32 Å². The van der Waals surface area contributed by atoms with E-state index < -0.39 is 0 Å². The predicted molar refractivity (Wildman–Crippen MR) is 58.8 cm³/mol. The zero-order valence-corrected chi connectivity index (χ0v) is 9.64. The number of nitrogens with one attached hydrogen (secondary N) is 1. The molecule has 0 amide bonds. The van der Waals surface area contributed by atoms with Crippen molar-refractivity contribution in [1.29, 1.82) is 0 Å². The Morgan fingerprint density at radius 3 is 2.54 bits per heavy atom. The van der Waals surface area contributed by atoms with Gasteiger partial charge in [0.1, 0.15) is 0 Å². The van der Waals surface area contributed by atoms with Gasteiger partial charge in [0.2, 0.25) is 0 Å². The van der Waals surface area contributed by atoms with Gasteiger partial charge in [-0.25, -0.2) is 0 Å². The SMILES string of the molecule is CCNC1CC(C)CCC1C(C)C. The molecule has 0 aromatic carbocycles. The minimum atomic E-state index is 0.786. The van der Waals surface area contributed by atoms with E-state index >= 15 is 0 Å². The zero-order chi connectivity index (χ0) is 9.84. The second-order valence-electron chi connectivity index (χ2n) is 4.99. The Hall–Kier alpha value is -0.0400. The van der Waals surface area contributed by atoms with E-state index in [1.54, 1.807) is 0 Å². The summed E-state index contributed by atoms with van der Waals surface area (Å²) in [6.07, 6.45) is 4.25. The molecular formula is C12H25N. The first-order valence-corrected chi connectivity index (χ1v) is 5.88. The van der Waals surface area contributed by atoms with Crippen LogP contribution in [0, 0.1) is 17.8 Å². The molecule has 0 saturated heterocycles. The number of hydrogen-bond acceptors (Lipinski definition) is 1. The summed E-state index contributed by atoms with van der Waals surface area (Å²) in [6, 6.07) is 0.786. The molecule has 1 rings (SSSR count). The molecule has 3 unspecified atom stereocenters. The van der Waals surface area contributed by atoms with E-state index in [1.807, 2.05) is 0 Å². The minimum Gasteiger partial charge on any atom is -0.314 e. The van der Waals surface area contributed by atoms with Gasteiger partial charge in [0.25, 0.3) is 0 Å². The molecule has 3 atom stereocenters. The number of rotatable bonds is 3. The molecule has 1 heteroatoms. The molecule has 0 aromatic rings. The van der Waals surface area contributed by atoms with Crippen molar-refractivity contribution in [3.05, 3.63) is 0 Å². The first-order chi connectivity index (χ1) is 6.15. The highest BCUT2D eigenvalue weighted by Gasteiger charge is 2.29. The molecule has 1 aliphatic carbocycles. The van der Waals surface area contributed by atoms with E-state index in [-0.39, 0.29) is 0 Å². The Bertz CT molecular complexity index is 142. The van der Waals surface area contributed by atoms with E-state index in [1.165, 1.54) is 19.3 Å². The third-order valence-corrected chi connectivity index (χ3v) is 3.49. The topological polar surface area (TPSA) is 12.0 Å². The minimum absolute atomic E-state index is 0.786. The summed E-state index contributed by atoms with van der Waals surface area (Å²) in [5.74, 6) is 2.69. The molecule has 78 valence electrons. The first-order valence-electron chi connectivity index (χ1n) is 5.88. The molecule has 0 radical (unpaired) electrons. The maximum absolute atomic E-state index is 3.65. The highest BCUT2D eigenvalue weighted by molar-refractivity contribution is 4.84. The van der Waals surface area contributed by atoms with E-state index in [0.717, 1.165) is 30.3 Å². The lowest BCUT2D eigenvalue weighted by atomic mass is 9.74. The predicted octanol–water partition coefficient (Wildman–Crippen LogP) is 3.06. The van der Waals surface area contributed by atoms with Gasteiger partial charge in [-0.1, -0.05) is 34.1 Å². The Labute approximate surface area is 83.3 Å². The molecule has 0 heterocycles. The smallest absolute Gasteiger partial charge is 0.0100 e. The Morgan fingerprint density at radius 2 is 2.00 bits per heavy atom. The normalized spacial score (nSPS) is 35.3. The molecule has 0 aromatic heterocycles. The van der Waals surface area contributed by atoms with Crippen LogP contribution < -0.4 is 5.32 Å². The summed E-state index contributed by atoms with van der Waals surface area (Å²) in [7, 11) is 0. The van der Waals surface area contributed by atoms with Crippen LogP contribution in [0.2, 0.25) is 0 Å². The molecule has 1 saturated carbocycles. The van der Waals surface area contributed by atoms with Gasteiger partial charge in [0, 0.05) is 6.04 Å². The van der Waals surface area contributed by atoms with Crippen LogP contribution in [0.1, 0.15) is 47.0 Å². The van der Waals surface area contributed by atoms with Gasteiger partial charge >= 0.3 is 0 Å². The zero-order valence-electron chi connectivity index (χ0n) is 9.64. The molecule has 1 nitrogen and oxygen atoms in total. The third kappa shape index (κ3) is 2.98. The number of hydrogen-bond donors (Lipinski definition) is 1. The van der Waals surface area contributed by atoms with Crippen molar-refractivity contribution in [2.45, 2.75) is 53.0 Å². The Morgan fingerprint density at radius 1 is 1.31 bits per heavy atom. The van der Waals surface area contributed by atoms with Gasteiger partial charge in [-0.2, -0.15) is 0 Å². The van der Waals surface area contributed by atoms with Crippen LogP contribution in [0.3, 0.4) is 0 Å². The third-order valence-electron chi connectivity index (χ3n) is 3.49. The van der Waals surface area contributed by atoms with E-state index in [4.69, 9.17) is 0 Å².